The van der Waals surface area contributed by atoms with Crippen LogP contribution in [-0.4, -0.2) is 57.2 Å². The zero-order chi connectivity index (χ0) is 21.9. The summed E-state index contributed by atoms with van der Waals surface area (Å²) in [5.41, 5.74) is 2.13. The number of carbonyl (C=O) groups is 1. The quantitative estimate of drug-likeness (QED) is 0.489. The van der Waals surface area contributed by atoms with Crippen molar-refractivity contribution in [3.63, 3.8) is 0 Å². The number of rotatable bonds is 9. The number of methoxy groups -OCH3 is 1. The third kappa shape index (κ3) is 7.66. The van der Waals surface area contributed by atoms with E-state index in [1.165, 1.54) is 4.90 Å². The third-order valence-electron chi connectivity index (χ3n) is 4.46. The fraction of sp³-hybridized carbons (Fsp3) is 0.391. The van der Waals surface area contributed by atoms with Crippen molar-refractivity contribution in [3.05, 3.63) is 59.7 Å². The predicted molar refractivity (Wildman–Crippen MR) is 120 cm³/mol. The van der Waals surface area contributed by atoms with Gasteiger partial charge in [0.15, 0.2) is 5.96 Å². The SMILES string of the molecule is COc1ccc(CN=C(NCC(=O)N(C)C)NCC(C)Oc2ccccc2C)cc1. The molecule has 2 aromatic rings. The molecule has 7 nitrogen and oxygen atoms in total. The van der Waals surface area contributed by atoms with Gasteiger partial charge in [-0.3, -0.25) is 4.79 Å². The summed E-state index contributed by atoms with van der Waals surface area (Å²) in [5, 5.41) is 6.36. The van der Waals surface area contributed by atoms with Crippen molar-refractivity contribution in [1.29, 1.82) is 0 Å². The molecule has 162 valence electrons. The summed E-state index contributed by atoms with van der Waals surface area (Å²) in [5.74, 6) is 2.19. The average molecular weight is 413 g/mol. The molecule has 0 radical (unpaired) electrons. The van der Waals surface area contributed by atoms with Gasteiger partial charge in [0.2, 0.25) is 5.91 Å². The number of aryl methyl sites for hydroxylation is 1. The molecule has 30 heavy (non-hydrogen) atoms. The number of likely N-dealkylation sites (N-methyl/N-ethyl adjacent to an activating group) is 1. The number of guanidine groups is 1. The van der Waals surface area contributed by atoms with E-state index < -0.39 is 0 Å². The molecule has 7 heteroatoms. The highest BCUT2D eigenvalue weighted by Crippen LogP contribution is 2.17. The lowest BCUT2D eigenvalue weighted by Gasteiger charge is -2.19. The highest BCUT2D eigenvalue weighted by Gasteiger charge is 2.10. The summed E-state index contributed by atoms with van der Waals surface area (Å²) in [4.78, 5) is 18.1. The molecule has 0 aliphatic heterocycles. The lowest BCUT2D eigenvalue weighted by molar-refractivity contribution is -0.127. The highest BCUT2D eigenvalue weighted by molar-refractivity contribution is 5.86. The second kappa shape index (κ2) is 11.7. The normalized spacial score (nSPS) is 12.1. The van der Waals surface area contributed by atoms with E-state index in [4.69, 9.17) is 9.47 Å². The largest absolute Gasteiger partial charge is 0.497 e. The molecule has 0 saturated carbocycles. The molecule has 2 N–H and O–H groups in total. The first-order chi connectivity index (χ1) is 14.4. The van der Waals surface area contributed by atoms with E-state index in [0.29, 0.717) is 19.0 Å². The van der Waals surface area contributed by atoms with Gasteiger partial charge in [-0.25, -0.2) is 4.99 Å². The topological polar surface area (TPSA) is 75.2 Å². The Bertz CT molecular complexity index is 835. The minimum absolute atomic E-state index is 0.0295. The zero-order valence-corrected chi connectivity index (χ0v) is 18.4. The van der Waals surface area contributed by atoms with Gasteiger partial charge in [-0.05, 0) is 43.2 Å². The number of hydrogen-bond donors (Lipinski definition) is 2. The van der Waals surface area contributed by atoms with Crippen LogP contribution in [0.5, 0.6) is 11.5 Å². The van der Waals surface area contributed by atoms with Gasteiger partial charge < -0.3 is 25.0 Å². The molecule has 0 aliphatic carbocycles. The standard InChI is InChI=1S/C23H32N4O3/c1-17-8-6-7-9-21(17)30-18(2)14-24-23(26-16-22(28)27(3)4)25-15-19-10-12-20(29-5)13-11-19/h6-13,18H,14-16H2,1-5H3,(H2,24,25,26). The molecule has 0 heterocycles. The van der Waals surface area contributed by atoms with Gasteiger partial charge in [-0.1, -0.05) is 30.3 Å². The van der Waals surface area contributed by atoms with Crippen molar-refractivity contribution in [2.45, 2.75) is 26.5 Å². The molecule has 0 aliphatic rings. The molecule has 0 saturated heterocycles. The van der Waals surface area contributed by atoms with Gasteiger partial charge in [0, 0.05) is 14.1 Å². The number of nitrogens with one attached hydrogen (secondary N) is 2. The van der Waals surface area contributed by atoms with E-state index in [-0.39, 0.29) is 18.6 Å². The van der Waals surface area contributed by atoms with Crippen LogP contribution in [0.1, 0.15) is 18.1 Å². The molecule has 0 bridgehead atoms. The maximum Gasteiger partial charge on any atom is 0.241 e. The molecule has 2 aromatic carbocycles. The van der Waals surface area contributed by atoms with Crippen molar-refractivity contribution < 1.29 is 14.3 Å². The second-order valence-electron chi connectivity index (χ2n) is 7.23. The Kier molecular flexibility index (Phi) is 9.00. The molecule has 0 fully saturated rings. The van der Waals surface area contributed by atoms with Crippen LogP contribution in [0.3, 0.4) is 0 Å². The summed E-state index contributed by atoms with van der Waals surface area (Å²) in [6.07, 6.45) is -0.0800. The van der Waals surface area contributed by atoms with Gasteiger partial charge in [0.25, 0.3) is 0 Å². The summed E-state index contributed by atoms with van der Waals surface area (Å²) < 4.78 is 11.2. The number of para-hydroxylation sites is 1. The van der Waals surface area contributed by atoms with Crippen LogP contribution in [0.2, 0.25) is 0 Å². The van der Waals surface area contributed by atoms with Gasteiger partial charge in [0.05, 0.1) is 26.7 Å². The van der Waals surface area contributed by atoms with Crippen LogP contribution in [0.25, 0.3) is 0 Å². The Hall–Kier alpha value is -3.22. The summed E-state index contributed by atoms with van der Waals surface area (Å²) in [6, 6.07) is 15.7. The maximum atomic E-state index is 12.0. The van der Waals surface area contributed by atoms with Crippen molar-refractivity contribution in [2.75, 3.05) is 34.3 Å². The van der Waals surface area contributed by atoms with Gasteiger partial charge >= 0.3 is 0 Å². The highest BCUT2D eigenvalue weighted by atomic mass is 16.5. The average Bonchev–Trinajstić information content (AvgIpc) is 2.74. The molecular weight excluding hydrogens is 380 g/mol. The zero-order valence-electron chi connectivity index (χ0n) is 18.4. The first kappa shape index (κ1) is 23.1. The minimum Gasteiger partial charge on any atom is -0.497 e. The Morgan fingerprint density at radius 1 is 1.10 bits per heavy atom. The first-order valence-corrected chi connectivity index (χ1v) is 9.96. The monoisotopic (exact) mass is 412 g/mol. The van der Waals surface area contributed by atoms with Crippen LogP contribution in [0, 0.1) is 6.92 Å². The van der Waals surface area contributed by atoms with Gasteiger partial charge in [0.1, 0.15) is 17.6 Å². The van der Waals surface area contributed by atoms with Crippen molar-refractivity contribution in [1.82, 2.24) is 15.5 Å². The number of carbonyl (C=O) groups excluding carboxylic acids is 1. The summed E-state index contributed by atoms with van der Waals surface area (Å²) >= 11 is 0. The molecule has 1 amide bonds. The van der Waals surface area contributed by atoms with Crippen LogP contribution in [-0.2, 0) is 11.3 Å². The van der Waals surface area contributed by atoms with E-state index in [9.17, 15) is 4.79 Å². The summed E-state index contributed by atoms with van der Waals surface area (Å²) in [7, 11) is 5.09. The fourth-order valence-electron chi connectivity index (χ4n) is 2.58. The van der Waals surface area contributed by atoms with E-state index in [2.05, 4.69) is 15.6 Å². The number of benzene rings is 2. The maximum absolute atomic E-state index is 12.0. The van der Waals surface area contributed by atoms with Crippen LogP contribution < -0.4 is 20.1 Å². The van der Waals surface area contributed by atoms with Crippen molar-refractivity contribution in [3.8, 4) is 11.5 Å². The van der Waals surface area contributed by atoms with Crippen LogP contribution >= 0.6 is 0 Å². The predicted octanol–water partition coefficient (Wildman–Crippen LogP) is 2.59. The lowest BCUT2D eigenvalue weighted by atomic mass is 10.2. The number of amides is 1. The van der Waals surface area contributed by atoms with Crippen LogP contribution in [0.15, 0.2) is 53.5 Å². The number of aliphatic imine (C=N–C) groups is 1. The van der Waals surface area contributed by atoms with Crippen LogP contribution in [0.4, 0.5) is 0 Å². The van der Waals surface area contributed by atoms with E-state index in [1.807, 2.05) is 62.4 Å². The Morgan fingerprint density at radius 3 is 2.43 bits per heavy atom. The Labute approximate surface area is 179 Å². The van der Waals surface area contributed by atoms with Gasteiger partial charge in [-0.15, -0.1) is 0 Å². The minimum atomic E-state index is -0.0800. The molecule has 2 rings (SSSR count). The third-order valence-corrected chi connectivity index (χ3v) is 4.46. The first-order valence-electron chi connectivity index (χ1n) is 9.96. The van der Waals surface area contributed by atoms with E-state index >= 15 is 0 Å². The molecule has 0 aromatic heterocycles. The Balaban J connectivity index is 1.98. The molecule has 0 spiro atoms. The van der Waals surface area contributed by atoms with E-state index in [1.54, 1.807) is 21.2 Å². The number of ether oxygens (including phenoxy) is 2. The molecule has 1 atom stereocenters. The van der Waals surface area contributed by atoms with Gasteiger partial charge in [-0.2, -0.15) is 0 Å². The molecule has 1 unspecified atom stereocenters. The fourth-order valence-corrected chi connectivity index (χ4v) is 2.58. The summed E-state index contributed by atoms with van der Waals surface area (Å²) in [6.45, 7) is 5.19. The number of hydrogen-bond acceptors (Lipinski definition) is 4. The number of nitrogens with zero attached hydrogens (tertiary/aromatic N) is 2. The van der Waals surface area contributed by atoms with Crippen molar-refractivity contribution in [2.24, 2.45) is 4.99 Å². The second-order valence-corrected chi connectivity index (χ2v) is 7.23. The van der Waals surface area contributed by atoms with E-state index in [0.717, 1.165) is 22.6 Å². The van der Waals surface area contributed by atoms with Crippen molar-refractivity contribution >= 4 is 11.9 Å². The smallest absolute Gasteiger partial charge is 0.241 e. The lowest BCUT2D eigenvalue weighted by Crippen LogP contribution is -2.45. The Morgan fingerprint density at radius 2 is 1.80 bits per heavy atom. The molecular formula is C23H32N4O3.